The smallest absolute Gasteiger partial charge is 0.246 e. The SMILES string of the molecule is CCCCC1CCC(C(=O)NOCC)CC1. The van der Waals surface area contributed by atoms with Crippen LogP contribution >= 0.6 is 0 Å². The van der Waals surface area contributed by atoms with E-state index in [9.17, 15) is 4.79 Å². The van der Waals surface area contributed by atoms with Crippen LogP contribution in [0.1, 0.15) is 58.8 Å². The Kier molecular flexibility index (Phi) is 6.46. The van der Waals surface area contributed by atoms with Gasteiger partial charge in [0.25, 0.3) is 0 Å². The third-order valence-corrected chi connectivity index (χ3v) is 3.50. The number of nitrogens with one attached hydrogen (secondary N) is 1. The number of carbonyl (C=O) groups excluding carboxylic acids is 1. The zero-order chi connectivity index (χ0) is 11.8. The number of hydrogen-bond donors (Lipinski definition) is 1. The largest absolute Gasteiger partial charge is 0.274 e. The van der Waals surface area contributed by atoms with Crippen molar-refractivity contribution in [1.29, 1.82) is 0 Å². The standard InChI is InChI=1S/C13H25NO2/c1-3-5-6-11-7-9-12(10-8-11)13(15)14-16-4-2/h11-12H,3-10H2,1-2H3,(H,14,15). The average Bonchev–Trinajstić information content (AvgIpc) is 2.34. The van der Waals surface area contributed by atoms with E-state index in [0.29, 0.717) is 6.61 Å². The van der Waals surface area contributed by atoms with Crippen LogP contribution in [0.25, 0.3) is 0 Å². The van der Waals surface area contributed by atoms with E-state index < -0.39 is 0 Å². The molecule has 1 aliphatic rings. The molecule has 1 aliphatic carbocycles. The molecule has 0 bridgehead atoms. The quantitative estimate of drug-likeness (QED) is 0.708. The molecule has 1 saturated carbocycles. The van der Waals surface area contributed by atoms with Crippen molar-refractivity contribution in [2.75, 3.05) is 6.61 Å². The molecule has 0 saturated heterocycles. The van der Waals surface area contributed by atoms with Gasteiger partial charge in [-0.05, 0) is 38.5 Å². The maximum Gasteiger partial charge on any atom is 0.246 e. The van der Waals surface area contributed by atoms with Crippen molar-refractivity contribution in [2.45, 2.75) is 58.8 Å². The van der Waals surface area contributed by atoms with Gasteiger partial charge in [-0.3, -0.25) is 9.63 Å². The molecule has 0 aromatic rings. The molecule has 0 heterocycles. The van der Waals surface area contributed by atoms with Crippen LogP contribution in [-0.4, -0.2) is 12.5 Å². The van der Waals surface area contributed by atoms with Gasteiger partial charge in [0.05, 0.1) is 6.61 Å². The molecule has 3 nitrogen and oxygen atoms in total. The predicted octanol–water partition coefficient (Wildman–Crippen LogP) is 3.05. The second-order valence-corrected chi connectivity index (χ2v) is 4.76. The number of carbonyl (C=O) groups is 1. The van der Waals surface area contributed by atoms with Crippen molar-refractivity contribution in [3.8, 4) is 0 Å². The second-order valence-electron chi connectivity index (χ2n) is 4.76. The molecule has 16 heavy (non-hydrogen) atoms. The first-order chi connectivity index (χ1) is 7.77. The zero-order valence-electron chi connectivity index (χ0n) is 10.6. The molecule has 3 heteroatoms. The minimum absolute atomic E-state index is 0.0794. The summed E-state index contributed by atoms with van der Waals surface area (Å²) in [5.41, 5.74) is 2.52. The summed E-state index contributed by atoms with van der Waals surface area (Å²) in [7, 11) is 0. The second kappa shape index (κ2) is 7.66. The summed E-state index contributed by atoms with van der Waals surface area (Å²) in [4.78, 5) is 16.6. The zero-order valence-corrected chi connectivity index (χ0v) is 10.6. The van der Waals surface area contributed by atoms with Gasteiger partial charge in [-0.25, -0.2) is 5.48 Å². The predicted molar refractivity (Wildman–Crippen MR) is 64.7 cm³/mol. The minimum atomic E-state index is 0.0794. The summed E-state index contributed by atoms with van der Waals surface area (Å²) in [6.45, 7) is 4.65. The Balaban J connectivity index is 2.18. The van der Waals surface area contributed by atoms with Gasteiger partial charge >= 0.3 is 0 Å². The van der Waals surface area contributed by atoms with E-state index in [4.69, 9.17) is 4.84 Å². The molecular formula is C13H25NO2. The lowest BCUT2D eigenvalue weighted by Gasteiger charge is -2.27. The number of rotatable bonds is 6. The number of hydroxylamine groups is 1. The van der Waals surface area contributed by atoms with Crippen LogP contribution < -0.4 is 5.48 Å². The average molecular weight is 227 g/mol. The minimum Gasteiger partial charge on any atom is -0.274 e. The first-order valence-electron chi connectivity index (χ1n) is 6.69. The summed E-state index contributed by atoms with van der Waals surface area (Å²) < 4.78 is 0. The van der Waals surface area contributed by atoms with E-state index >= 15 is 0 Å². The molecule has 1 fully saturated rings. The molecule has 0 unspecified atom stereocenters. The normalized spacial score (nSPS) is 25.4. The molecule has 0 aromatic carbocycles. The van der Waals surface area contributed by atoms with Crippen molar-refractivity contribution < 1.29 is 9.63 Å². The summed E-state index contributed by atoms with van der Waals surface area (Å²) in [5, 5.41) is 0. The van der Waals surface area contributed by atoms with Crippen molar-refractivity contribution >= 4 is 5.91 Å². The molecule has 0 radical (unpaired) electrons. The Morgan fingerprint density at radius 2 is 1.94 bits per heavy atom. The van der Waals surface area contributed by atoms with Crippen molar-refractivity contribution in [3.05, 3.63) is 0 Å². The van der Waals surface area contributed by atoms with Gasteiger partial charge in [0.1, 0.15) is 0 Å². The molecule has 0 aromatic heterocycles. The van der Waals surface area contributed by atoms with Gasteiger partial charge in [0.15, 0.2) is 0 Å². The maximum absolute atomic E-state index is 11.6. The first-order valence-corrected chi connectivity index (χ1v) is 6.69. The molecular weight excluding hydrogens is 202 g/mol. The monoisotopic (exact) mass is 227 g/mol. The Morgan fingerprint density at radius 3 is 2.50 bits per heavy atom. The van der Waals surface area contributed by atoms with Crippen molar-refractivity contribution in [3.63, 3.8) is 0 Å². The first kappa shape index (κ1) is 13.5. The highest BCUT2D eigenvalue weighted by molar-refractivity contribution is 5.77. The highest BCUT2D eigenvalue weighted by Crippen LogP contribution is 2.31. The molecule has 94 valence electrons. The summed E-state index contributed by atoms with van der Waals surface area (Å²) in [6, 6.07) is 0. The molecule has 0 spiro atoms. The highest BCUT2D eigenvalue weighted by atomic mass is 16.6. The lowest BCUT2D eigenvalue weighted by atomic mass is 9.79. The molecule has 1 rings (SSSR count). The lowest BCUT2D eigenvalue weighted by Crippen LogP contribution is -2.33. The van der Waals surface area contributed by atoms with Crippen LogP contribution in [-0.2, 0) is 9.63 Å². The maximum atomic E-state index is 11.6. The Morgan fingerprint density at radius 1 is 1.25 bits per heavy atom. The van der Waals surface area contributed by atoms with Gasteiger partial charge < -0.3 is 0 Å². The van der Waals surface area contributed by atoms with Crippen molar-refractivity contribution in [2.24, 2.45) is 11.8 Å². The van der Waals surface area contributed by atoms with Gasteiger partial charge in [-0.15, -0.1) is 0 Å². The lowest BCUT2D eigenvalue weighted by molar-refractivity contribution is -0.138. The van der Waals surface area contributed by atoms with Gasteiger partial charge in [-0.2, -0.15) is 0 Å². The topological polar surface area (TPSA) is 38.3 Å². The highest BCUT2D eigenvalue weighted by Gasteiger charge is 2.25. The summed E-state index contributed by atoms with van der Waals surface area (Å²) in [6.07, 6.45) is 8.45. The van der Waals surface area contributed by atoms with E-state index in [-0.39, 0.29) is 11.8 Å². The number of amides is 1. The molecule has 1 amide bonds. The molecule has 0 aliphatic heterocycles. The Hall–Kier alpha value is -0.570. The van der Waals surface area contributed by atoms with E-state index in [1.165, 1.54) is 32.1 Å². The fraction of sp³-hybridized carbons (Fsp3) is 0.923. The summed E-state index contributed by atoms with van der Waals surface area (Å²) in [5.74, 6) is 1.12. The van der Waals surface area contributed by atoms with E-state index in [1.807, 2.05) is 6.92 Å². The Bertz CT molecular complexity index is 198. The van der Waals surface area contributed by atoms with Crippen LogP contribution in [0.2, 0.25) is 0 Å². The van der Waals surface area contributed by atoms with Gasteiger partial charge in [0, 0.05) is 5.92 Å². The fourth-order valence-electron chi connectivity index (χ4n) is 2.43. The van der Waals surface area contributed by atoms with Crippen LogP contribution in [0.3, 0.4) is 0 Å². The fourth-order valence-corrected chi connectivity index (χ4v) is 2.43. The van der Waals surface area contributed by atoms with Crippen LogP contribution in [0.4, 0.5) is 0 Å². The van der Waals surface area contributed by atoms with E-state index in [1.54, 1.807) is 0 Å². The Labute approximate surface area is 98.9 Å². The van der Waals surface area contributed by atoms with Crippen molar-refractivity contribution in [1.82, 2.24) is 5.48 Å². The van der Waals surface area contributed by atoms with E-state index in [2.05, 4.69) is 12.4 Å². The van der Waals surface area contributed by atoms with Crippen LogP contribution in [0, 0.1) is 11.8 Å². The van der Waals surface area contributed by atoms with Crippen LogP contribution in [0.15, 0.2) is 0 Å². The third kappa shape index (κ3) is 4.52. The third-order valence-electron chi connectivity index (χ3n) is 3.50. The van der Waals surface area contributed by atoms with Gasteiger partial charge in [-0.1, -0.05) is 26.2 Å². The van der Waals surface area contributed by atoms with Gasteiger partial charge in [0.2, 0.25) is 5.91 Å². The molecule has 1 N–H and O–H groups in total. The van der Waals surface area contributed by atoms with E-state index in [0.717, 1.165) is 18.8 Å². The number of unbranched alkanes of at least 4 members (excludes halogenated alkanes) is 1. The molecule has 0 atom stereocenters. The summed E-state index contributed by atoms with van der Waals surface area (Å²) >= 11 is 0. The number of hydrogen-bond acceptors (Lipinski definition) is 2. The van der Waals surface area contributed by atoms with Crippen LogP contribution in [0.5, 0.6) is 0 Å².